The summed E-state index contributed by atoms with van der Waals surface area (Å²) in [7, 11) is 0. The Kier molecular flexibility index (Phi) is 6.88. The maximum absolute atomic E-state index is 10.0. The Hall–Kier alpha value is -3.34. The summed E-state index contributed by atoms with van der Waals surface area (Å²) in [6.45, 7) is 9.36. The Labute approximate surface area is 218 Å². The summed E-state index contributed by atoms with van der Waals surface area (Å²) < 4.78 is 2.39. The van der Waals surface area contributed by atoms with Gasteiger partial charge in [-0.15, -0.1) is 17.1 Å². The van der Waals surface area contributed by atoms with Crippen LogP contribution in [0.2, 0.25) is 0 Å². The summed E-state index contributed by atoms with van der Waals surface area (Å²) in [5, 5.41) is 13.6. The number of anilines is 1. The molecule has 2 aromatic heterocycles. The summed E-state index contributed by atoms with van der Waals surface area (Å²) in [4.78, 5) is 14.4. The zero-order valence-electron chi connectivity index (χ0n) is 20.1. The molecule has 5 aromatic rings. The summed E-state index contributed by atoms with van der Waals surface area (Å²) >= 11 is 0. The number of carbonyl (C=O) groups excluding carboxylic acids is 1. The number of fused-ring (bicyclic) bond motifs is 6. The van der Waals surface area contributed by atoms with E-state index < -0.39 is 0 Å². The van der Waals surface area contributed by atoms with Crippen molar-refractivity contribution in [3.05, 3.63) is 91.6 Å². The number of aliphatic hydroxyl groups excluding tert-OH is 1. The number of rotatable bonds is 3. The van der Waals surface area contributed by atoms with Crippen molar-refractivity contribution >= 4 is 49.6 Å². The zero-order chi connectivity index (χ0) is 24.0. The average molecular weight is 642 g/mol. The van der Waals surface area contributed by atoms with E-state index in [0.29, 0.717) is 6.04 Å². The number of hydrogen-bond donors (Lipinski definition) is 1. The van der Waals surface area contributed by atoms with Gasteiger partial charge in [-0.1, -0.05) is 41.9 Å². The number of para-hydroxylation sites is 2. The summed E-state index contributed by atoms with van der Waals surface area (Å²) in [5.74, 6) is -0.0625. The van der Waals surface area contributed by atoms with Crippen molar-refractivity contribution in [3.8, 4) is 0 Å². The van der Waals surface area contributed by atoms with E-state index in [1.54, 1.807) is 0 Å². The van der Waals surface area contributed by atoms with Gasteiger partial charge >= 0.3 is 0 Å². The van der Waals surface area contributed by atoms with E-state index in [2.05, 4.69) is 108 Å². The minimum Gasteiger partial charge on any atom is -0.512 e. The molecule has 0 atom stereocenters. The van der Waals surface area contributed by atoms with Crippen LogP contribution < -0.4 is 4.90 Å². The number of aliphatic hydroxyl groups is 1. The van der Waals surface area contributed by atoms with E-state index in [4.69, 9.17) is 5.11 Å². The van der Waals surface area contributed by atoms with Crippen molar-refractivity contribution in [2.75, 3.05) is 4.90 Å². The molecule has 0 spiro atoms. The van der Waals surface area contributed by atoms with Crippen molar-refractivity contribution in [1.82, 2.24) is 9.30 Å². The first-order valence-electron chi connectivity index (χ1n) is 11.4. The van der Waals surface area contributed by atoms with Crippen molar-refractivity contribution in [2.45, 2.75) is 33.7 Å². The van der Waals surface area contributed by atoms with Gasteiger partial charge in [-0.3, -0.25) is 4.79 Å². The molecule has 3 heterocycles. The van der Waals surface area contributed by atoms with Gasteiger partial charge < -0.3 is 19.3 Å². The van der Waals surface area contributed by atoms with Crippen LogP contribution in [0.15, 0.2) is 78.8 Å². The normalized spacial score (nSPS) is 13.8. The summed E-state index contributed by atoms with van der Waals surface area (Å²) in [6.07, 6.45) is 5.38. The topological polar surface area (TPSA) is 48.2 Å². The first kappa shape index (κ1) is 24.8. The van der Waals surface area contributed by atoms with Gasteiger partial charge in [-0.2, -0.15) is 18.8 Å². The number of allylic oxidation sites excluding steroid dienone is 2. The molecule has 0 saturated heterocycles. The third-order valence-corrected chi connectivity index (χ3v) is 6.08. The molecule has 5 nitrogen and oxygen atoms in total. The molecule has 6 heteroatoms. The molecule has 6 rings (SSSR count). The molecule has 0 fully saturated rings. The molecule has 0 saturated carbocycles. The number of aromatic nitrogens is 1. The zero-order valence-corrected chi connectivity index (χ0v) is 22.5. The third-order valence-electron chi connectivity index (χ3n) is 6.08. The molecule has 1 aliphatic heterocycles. The van der Waals surface area contributed by atoms with Gasteiger partial charge in [-0.25, -0.2) is 0 Å². The molecule has 0 amide bonds. The molecule has 35 heavy (non-hydrogen) atoms. The van der Waals surface area contributed by atoms with E-state index in [0.717, 1.165) is 5.69 Å². The van der Waals surface area contributed by atoms with Crippen LogP contribution in [-0.4, -0.2) is 26.2 Å². The smallest absolute Gasteiger partial charge is 0.155 e. The van der Waals surface area contributed by atoms with E-state index in [1.165, 1.54) is 58.0 Å². The van der Waals surface area contributed by atoms with Gasteiger partial charge in [0.15, 0.2) is 5.78 Å². The van der Waals surface area contributed by atoms with E-state index in [9.17, 15) is 4.79 Å². The number of hydrogen-bond acceptors (Lipinski definition) is 4. The van der Waals surface area contributed by atoms with Crippen LogP contribution >= 0.6 is 0 Å². The quantitative estimate of drug-likeness (QED) is 0.134. The van der Waals surface area contributed by atoms with Gasteiger partial charge in [0.25, 0.3) is 0 Å². The van der Waals surface area contributed by atoms with Crippen LogP contribution in [-0.2, 0) is 24.9 Å². The van der Waals surface area contributed by atoms with E-state index >= 15 is 0 Å². The van der Waals surface area contributed by atoms with E-state index in [1.807, 2.05) is 0 Å². The van der Waals surface area contributed by atoms with Gasteiger partial charge in [0.2, 0.25) is 0 Å². The number of carbonyl (C=O) groups is 1. The third kappa shape index (κ3) is 4.40. The van der Waals surface area contributed by atoms with Crippen molar-refractivity contribution < 1.29 is 30.0 Å². The standard InChI is InChI=1S/C24H19N3.C5H8O2.Ir/c1-16(2)25-12-13-26(15-25)17-10-11-23-21(14-17)20-8-5-7-19-18-6-3-4-9-22(18)27(23)24(19)20;1-4(6)3-5(2)7;/h3-9,11-16H,1-2H3;3,6H,1-2H3;/q-2;;/b;4-3-;. The fourth-order valence-corrected chi connectivity index (χ4v) is 4.62. The second-order valence-corrected chi connectivity index (χ2v) is 8.93. The van der Waals surface area contributed by atoms with Gasteiger partial charge in [0, 0.05) is 48.0 Å². The van der Waals surface area contributed by atoms with Crippen molar-refractivity contribution in [1.29, 1.82) is 0 Å². The van der Waals surface area contributed by atoms with Crippen LogP contribution in [0.4, 0.5) is 5.69 Å². The average Bonchev–Trinajstić information content (AvgIpc) is 3.50. The number of benzene rings is 3. The maximum Gasteiger partial charge on any atom is 0.155 e. The monoisotopic (exact) mass is 642 g/mol. The summed E-state index contributed by atoms with van der Waals surface area (Å²) in [6, 6.07) is 23.6. The fourth-order valence-electron chi connectivity index (χ4n) is 4.62. The SMILES string of the molecule is CC(=O)/C=C(/C)O.CC(C)N1C=CN(c2[c-]cc3c(c2)c2cccc4c5ccccc5n3c24)[CH-]1.[Ir]. The Morgan fingerprint density at radius 3 is 2.29 bits per heavy atom. The van der Waals surface area contributed by atoms with Gasteiger partial charge in [-0.05, 0) is 57.6 Å². The molecule has 1 aliphatic rings. The van der Waals surface area contributed by atoms with Crippen LogP contribution in [0.5, 0.6) is 0 Å². The number of nitrogens with zero attached hydrogens (tertiary/aromatic N) is 3. The molecule has 0 bridgehead atoms. The Balaban J connectivity index is 0.000000320. The van der Waals surface area contributed by atoms with E-state index in [-0.39, 0.29) is 31.6 Å². The minimum absolute atomic E-state index is 0. The Bertz CT molecular complexity index is 1580. The molecule has 0 unspecified atom stereocenters. The first-order chi connectivity index (χ1) is 16.3. The van der Waals surface area contributed by atoms with Crippen LogP contribution in [0.25, 0.3) is 38.1 Å². The predicted octanol–water partition coefficient (Wildman–Crippen LogP) is 6.79. The molecular weight excluding hydrogens is 615 g/mol. The molecule has 0 aliphatic carbocycles. The molecular formula is C29H27IrN3O2-2. The van der Waals surface area contributed by atoms with Crippen molar-refractivity contribution in [3.63, 3.8) is 0 Å². The fraction of sp³-hybridized carbons (Fsp3) is 0.172. The maximum atomic E-state index is 10.0. The minimum atomic E-state index is -0.125. The van der Waals surface area contributed by atoms with Crippen LogP contribution in [0, 0.1) is 12.7 Å². The summed E-state index contributed by atoms with van der Waals surface area (Å²) in [5.41, 5.74) is 4.86. The molecule has 3 aromatic carbocycles. The second-order valence-electron chi connectivity index (χ2n) is 8.93. The van der Waals surface area contributed by atoms with Crippen LogP contribution in [0.3, 0.4) is 0 Å². The van der Waals surface area contributed by atoms with Gasteiger partial charge in [0.1, 0.15) is 0 Å². The molecule has 1 N–H and O–H groups in total. The van der Waals surface area contributed by atoms with Crippen LogP contribution in [0.1, 0.15) is 27.7 Å². The largest absolute Gasteiger partial charge is 0.512 e. The predicted molar refractivity (Wildman–Crippen MR) is 140 cm³/mol. The Morgan fingerprint density at radius 2 is 1.66 bits per heavy atom. The Morgan fingerprint density at radius 1 is 0.971 bits per heavy atom. The molecule has 1 radical (unpaired) electrons. The van der Waals surface area contributed by atoms with Gasteiger partial charge in [0.05, 0.1) is 5.76 Å². The van der Waals surface area contributed by atoms with Crippen molar-refractivity contribution in [2.24, 2.45) is 0 Å². The molecule has 181 valence electrons. The second kappa shape index (κ2) is 9.73. The number of ketones is 1. The first-order valence-corrected chi connectivity index (χ1v) is 11.4.